The predicted molar refractivity (Wildman–Crippen MR) is 96.5 cm³/mol. The van der Waals surface area contributed by atoms with E-state index in [2.05, 4.69) is 43.4 Å². The Kier molecular flexibility index (Phi) is 6.03. The Morgan fingerprint density at radius 2 is 1.74 bits per heavy atom. The fourth-order valence-corrected chi connectivity index (χ4v) is 2.14. The van der Waals surface area contributed by atoms with Gasteiger partial charge >= 0.3 is 0 Å². The SMILES string of the molecule is CC(C)Nc1ccc(/C=C/c2ccc(N)c(OCCF)c2)cc1. The highest BCUT2D eigenvalue weighted by Gasteiger charge is 2.01. The fraction of sp³-hybridized carbons (Fsp3) is 0.263. The molecule has 0 bridgehead atoms. The number of nitrogen functional groups attached to an aromatic ring is 1. The molecule has 0 unspecified atom stereocenters. The average Bonchev–Trinajstić information content (AvgIpc) is 2.53. The topological polar surface area (TPSA) is 47.3 Å². The first-order chi connectivity index (χ1) is 11.1. The third kappa shape index (κ3) is 5.33. The first-order valence-corrected chi connectivity index (χ1v) is 7.71. The van der Waals surface area contributed by atoms with Gasteiger partial charge in [-0.25, -0.2) is 4.39 Å². The molecule has 0 aliphatic carbocycles. The molecular weight excluding hydrogens is 291 g/mol. The number of ether oxygens (including phenoxy) is 1. The second-order valence-corrected chi connectivity index (χ2v) is 5.59. The first-order valence-electron chi connectivity index (χ1n) is 7.71. The number of nitrogens with two attached hydrogens (primary N) is 1. The van der Waals surface area contributed by atoms with Gasteiger partial charge in [-0.15, -0.1) is 0 Å². The summed E-state index contributed by atoms with van der Waals surface area (Å²) >= 11 is 0. The van der Waals surface area contributed by atoms with Crippen LogP contribution in [-0.4, -0.2) is 19.3 Å². The third-order valence-corrected chi connectivity index (χ3v) is 3.21. The number of alkyl halides is 1. The van der Waals surface area contributed by atoms with E-state index in [1.165, 1.54) is 0 Å². The van der Waals surface area contributed by atoms with E-state index in [0.717, 1.165) is 16.8 Å². The summed E-state index contributed by atoms with van der Waals surface area (Å²) in [5, 5.41) is 3.35. The molecule has 122 valence electrons. The van der Waals surface area contributed by atoms with Crippen molar-refractivity contribution >= 4 is 23.5 Å². The highest BCUT2D eigenvalue weighted by Crippen LogP contribution is 2.24. The van der Waals surface area contributed by atoms with Crippen molar-refractivity contribution in [2.24, 2.45) is 0 Å². The zero-order valence-corrected chi connectivity index (χ0v) is 13.6. The number of benzene rings is 2. The monoisotopic (exact) mass is 314 g/mol. The minimum atomic E-state index is -0.531. The molecule has 0 spiro atoms. The Balaban J connectivity index is 2.07. The van der Waals surface area contributed by atoms with Crippen LogP contribution in [0.3, 0.4) is 0 Å². The van der Waals surface area contributed by atoms with Gasteiger partial charge in [0.05, 0.1) is 5.69 Å². The van der Waals surface area contributed by atoms with Gasteiger partial charge in [-0.05, 0) is 49.2 Å². The quantitative estimate of drug-likeness (QED) is 0.579. The second kappa shape index (κ2) is 8.22. The summed E-state index contributed by atoms with van der Waals surface area (Å²) in [6.07, 6.45) is 4.00. The largest absolute Gasteiger partial charge is 0.489 e. The molecule has 0 radical (unpaired) electrons. The van der Waals surface area contributed by atoms with Gasteiger partial charge in [0.25, 0.3) is 0 Å². The van der Waals surface area contributed by atoms with Gasteiger partial charge < -0.3 is 15.8 Å². The molecule has 0 heterocycles. The highest BCUT2D eigenvalue weighted by molar-refractivity contribution is 5.72. The summed E-state index contributed by atoms with van der Waals surface area (Å²) in [6, 6.07) is 14.1. The number of hydrogen-bond acceptors (Lipinski definition) is 3. The van der Waals surface area contributed by atoms with Gasteiger partial charge in [-0.3, -0.25) is 0 Å². The highest BCUT2D eigenvalue weighted by atomic mass is 19.1. The van der Waals surface area contributed by atoms with Crippen LogP contribution < -0.4 is 15.8 Å². The Morgan fingerprint density at radius 1 is 1.09 bits per heavy atom. The maximum Gasteiger partial charge on any atom is 0.142 e. The molecule has 3 N–H and O–H groups in total. The molecule has 0 fully saturated rings. The molecule has 0 atom stereocenters. The van der Waals surface area contributed by atoms with Crippen molar-refractivity contribution in [1.82, 2.24) is 0 Å². The standard InChI is InChI=1S/C19H23FN2O/c1-14(2)22-17-8-5-15(6-9-17)3-4-16-7-10-18(21)19(13-16)23-12-11-20/h3-10,13-14,22H,11-12,21H2,1-2H3/b4-3+. The van der Waals surface area contributed by atoms with Crippen molar-refractivity contribution in [3.05, 3.63) is 53.6 Å². The van der Waals surface area contributed by atoms with Crippen LogP contribution in [0.2, 0.25) is 0 Å². The minimum Gasteiger partial charge on any atom is -0.489 e. The number of hydrogen-bond donors (Lipinski definition) is 2. The number of halogens is 1. The van der Waals surface area contributed by atoms with Crippen LogP contribution in [0.25, 0.3) is 12.2 Å². The van der Waals surface area contributed by atoms with Crippen LogP contribution in [-0.2, 0) is 0 Å². The maximum absolute atomic E-state index is 12.2. The molecule has 23 heavy (non-hydrogen) atoms. The Bertz CT molecular complexity index is 651. The molecule has 0 aliphatic heterocycles. The van der Waals surface area contributed by atoms with E-state index < -0.39 is 6.67 Å². The summed E-state index contributed by atoms with van der Waals surface area (Å²) in [5.74, 6) is 0.515. The van der Waals surface area contributed by atoms with Crippen molar-refractivity contribution in [2.75, 3.05) is 24.3 Å². The molecule has 0 saturated carbocycles. The van der Waals surface area contributed by atoms with Crippen LogP contribution in [0.1, 0.15) is 25.0 Å². The van der Waals surface area contributed by atoms with E-state index >= 15 is 0 Å². The van der Waals surface area contributed by atoms with Gasteiger partial charge in [0, 0.05) is 11.7 Å². The fourth-order valence-electron chi connectivity index (χ4n) is 2.14. The number of anilines is 2. The molecule has 2 aromatic rings. The summed E-state index contributed by atoms with van der Waals surface area (Å²) < 4.78 is 17.5. The van der Waals surface area contributed by atoms with Gasteiger partial charge in [-0.1, -0.05) is 30.4 Å². The van der Waals surface area contributed by atoms with Crippen LogP contribution in [0, 0.1) is 0 Å². The molecule has 0 aromatic heterocycles. The molecule has 0 amide bonds. The number of rotatable bonds is 7. The molecular formula is C19H23FN2O. The van der Waals surface area contributed by atoms with Gasteiger partial charge in [0.1, 0.15) is 19.0 Å². The normalized spacial score (nSPS) is 11.1. The third-order valence-electron chi connectivity index (χ3n) is 3.21. The molecule has 2 rings (SSSR count). The first kappa shape index (κ1) is 16.9. The second-order valence-electron chi connectivity index (χ2n) is 5.59. The summed E-state index contributed by atoms with van der Waals surface area (Å²) in [6.45, 7) is 3.70. The molecule has 0 saturated heterocycles. The summed E-state index contributed by atoms with van der Waals surface area (Å²) in [4.78, 5) is 0. The van der Waals surface area contributed by atoms with E-state index in [1.807, 2.05) is 24.3 Å². The number of nitrogens with one attached hydrogen (secondary N) is 1. The van der Waals surface area contributed by atoms with E-state index in [4.69, 9.17) is 10.5 Å². The van der Waals surface area contributed by atoms with Crippen LogP contribution in [0.4, 0.5) is 15.8 Å². The lowest BCUT2D eigenvalue weighted by atomic mass is 10.1. The lowest BCUT2D eigenvalue weighted by Gasteiger charge is -2.09. The van der Waals surface area contributed by atoms with Crippen LogP contribution in [0.5, 0.6) is 5.75 Å². The maximum atomic E-state index is 12.2. The van der Waals surface area contributed by atoms with Crippen molar-refractivity contribution in [3.63, 3.8) is 0 Å². The molecule has 3 nitrogen and oxygen atoms in total. The smallest absolute Gasteiger partial charge is 0.142 e. The predicted octanol–water partition coefficient (Wildman–Crippen LogP) is 4.61. The lowest BCUT2D eigenvalue weighted by Crippen LogP contribution is -2.09. The average molecular weight is 314 g/mol. The van der Waals surface area contributed by atoms with Crippen molar-refractivity contribution in [2.45, 2.75) is 19.9 Å². The van der Waals surface area contributed by atoms with Crippen molar-refractivity contribution < 1.29 is 9.13 Å². The zero-order valence-electron chi connectivity index (χ0n) is 13.6. The molecule has 0 aliphatic rings. The van der Waals surface area contributed by atoms with E-state index in [-0.39, 0.29) is 6.61 Å². The Labute approximate surface area is 137 Å². The van der Waals surface area contributed by atoms with Crippen molar-refractivity contribution in [1.29, 1.82) is 0 Å². The van der Waals surface area contributed by atoms with E-state index in [9.17, 15) is 4.39 Å². The molecule has 4 heteroatoms. The molecule has 2 aromatic carbocycles. The Hall–Kier alpha value is -2.49. The minimum absolute atomic E-state index is 0.0156. The lowest BCUT2D eigenvalue weighted by molar-refractivity contribution is 0.274. The Morgan fingerprint density at radius 3 is 2.39 bits per heavy atom. The summed E-state index contributed by atoms with van der Waals surface area (Å²) in [5.41, 5.74) is 9.49. The van der Waals surface area contributed by atoms with Gasteiger partial charge in [0.15, 0.2) is 0 Å². The van der Waals surface area contributed by atoms with Crippen molar-refractivity contribution in [3.8, 4) is 5.75 Å². The summed E-state index contributed by atoms with van der Waals surface area (Å²) in [7, 11) is 0. The van der Waals surface area contributed by atoms with E-state index in [1.54, 1.807) is 6.07 Å². The van der Waals surface area contributed by atoms with Gasteiger partial charge in [-0.2, -0.15) is 0 Å². The zero-order chi connectivity index (χ0) is 16.7. The van der Waals surface area contributed by atoms with E-state index in [0.29, 0.717) is 17.5 Å². The van der Waals surface area contributed by atoms with Crippen LogP contribution >= 0.6 is 0 Å². The van der Waals surface area contributed by atoms with Gasteiger partial charge in [0.2, 0.25) is 0 Å². The van der Waals surface area contributed by atoms with Crippen LogP contribution in [0.15, 0.2) is 42.5 Å².